The van der Waals surface area contributed by atoms with Crippen molar-refractivity contribution in [2.24, 2.45) is 7.05 Å². The van der Waals surface area contributed by atoms with Gasteiger partial charge in [-0.25, -0.2) is 0 Å². The molecular formula is C11H18N4O2. The average molecular weight is 238 g/mol. The first-order valence-electron chi connectivity index (χ1n) is 5.77. The second-order valence-electron chi connectivity index (χ2n) is 4.45. The molecule has 6 heteroatoms. The number of carbonyl (C=O) groups is 1. The Bertz CT molecular complexity index is 441. The zero-order valence-electron chi connectivity index (χ0n) is 10.2. The highest BCUT2D eigenvalue weighted by molar-refractivity contribution is 5.98. The molecule has 1 aliphatic heterocycles. The standard InChI is InChI=1S/C11H18N4O2/c1-7-9(12)10(14(2)13-7)11(17)15-5-3-4-8(15)6-16/h8,16H,3-6,12H2,1-2H3. The molecule has 0 saturated carbocycles. The van der Waals surface area contributed by atoms with E-state index in [0.29, 0.717) is 23.6 Å². The van der Waals surface area contributed by atoms with Crippen molar-refractivity contribution in [3.63, 3.8) is 0 Å². The van der Waals surface area contributed by atoms with Crippen LogP contribution in [-0.2, 0) is 7.05 Å². The minimum Gasteiger partial charge on any atom is -0.395 e. The molecule has 0 spiro atoms. The molecule has 0 aromatic carbocycles. The molecular weight excluding hydrogens is 220 g/mol. The zero-order valence-corrected chi connectivity index (χ0v) is 10.2. The van der Waals surface area contributed by atoms with Crippen molar-refractivity contribution in [1.82, 2.24) is 14.7 Å². The molecule has 0 aliphatic carbocycles. The van der Waals surface area contributed by atoms with Crippen LogP contribution in [0, 0.1) is 6.92 Å². The van der Waals surface area contributed by atoms with E-state index in [2.05, 4.69) is 5.10 Å². The Morgan fingerprint density at radius 2 is 2.35 bits per heavy atom. The van der Waals surface area contributed by atoms with Gasteiger partial charge in [0.1, 0.15) is 5.69 Å². The van der Waals surface area contributed by atoms with Crippen molar-refractivity contribution >= 4 is 11.6 Å². The predicted octanol–water partition coefficient (Wildman–Crippen LogP) is -0.0924. The smallest absolute Gasteiger partial charge is 0.274 e. The maximum Gasteiger partial charge on any atom is 0.274 e. The van der Waals surface area contributed by atoms with Gasteiger partial charge in [0.2, 0.25) is 0 Å². The Balaban J connectivity index is 2.31. The van der Waals surface area contributed by atoms with Crippen LogP contribution in [-0.4, -0.2) is 44.9 Å². The summed E-state index contributed by atoms with van der Waals surface area (Å²) in [5, 5.41) is 13.4. The molecule has 1 atom stereocenters. The lowest BCUT2D eigenvalue weighted by Crippen LogP contribution is -2.38. The largest absolute Gasteiger partial charge is 0.395 e. The van der Waals surface area contributed by atoms with E-state index in [0.717, 1.165) is 12.8 Å². The SMILES string of the molecule is Cc1nn(C)c(C(=O)N2CCCC2CO)c1N. The van der Waals surface area contributed by atoms with Gasteiger partial charge in [-0.1, -0.05) is 0 Å². The van der Waals surface area contributed by atoms with Gasteiger partial charge < -0.3 is 15.7 Å². The van der Waals surface area contributed by atoms with Crippen LogP contribution < -0.4 is 5.73 Å². The van der Waals surface area contributed by atoms with Gasteiger partial charge in [0.25, 0.3) is 5.91 Å². The van der Waals surface area contributed by atoms with Crippen LogP contribution in [0.4, 0.5) is 5.69 Å². The monoisotopic (exact) mass is 238 g/mol. The summed E-state index contributed by atoms with van der Waals surface area (Å²) in [6.07, 6.45) is 1.77. The minimum atomic E-state index is -0.137. The summed E-state index contributed by atoms with van der Waals surface area (Å²) in [6.45, 7) is 2.45. The van der Waals surface area contributed by atoms with E-state index in [-0.39, 0.29) is 18.6 Å². The second-order valence-corrected chi connectivity index (χ2v) is 4.45. The normalized spacial score (nSPS) is 19.9. The summed E-state index contributed by atoms with van der Waals surface area (Å²) in [6, 6.07) is -0.0860. The lowest BCUT2D eigenvalue weighted by Gasteiger charge is -2.23. The Morgan fingerprint density at radius 3 is 2.88 bits per heavy atom. The number of amides is 1. The van der Waals surface area contributed by atoms with Gasteiger partial charge in [0.05, 0.1) is 24.0 Å². The van der Waals surface area contributed by atoms with E-state index in [1.165, 1.54) is 4.68 Å². The lowest BCUT2D eigenvalue weighted by molar-refractivity contribution is 0.0667. The molecule has 2 rings (SSSR count). The van der Waals surface area contributed by atoms with Crippen LogP contribution in [0.25, 0.3) is 0 Å². The summed E-state index contributed by atoms with van der Waals surface area (Å²) in [7, 11) is 1.71. The quantitative estimate of drug-likeness (QED) is 0.754. The Kier molecular flexibility index (Phi) is 3.06. The molecule has 1 saturated heterocycles. The van der Waals surface area contributed by atoms with Gasteiger partial charge in [-0.15, -0.1) is 0 Å². The molecule has 1 fully saturated rings. The van der Waals surface area contributed by atoms with Crippen LogP contribution in [0.1, 0.15) is 29.0 Å². The number of rotatable bonds is 2. The third-order valence-corrected chi connectivity index (χ3v) is 3.32. The summed E-state index contributed by atoms with van der Waals surface area (Å²) in [5.41, 5.74) is 7.38. The van der Waals surface area contributed by atoms with Crippen molar-refractivity contribution in [1.29, 1.82) is 0 Å². The van der Waals surface area contributed by atoms with E-state index < -0.39 is 0 Å². The van der Waals surface area contributed by atoms with Crippen molar-refractivity contribution in [2.75, 3.05) is 18.9 Å². The lowest BCUT2D eigenvalue weighted by atomic mass is 10.2. The van der Waals surface area contributed by atoms with Crippen molar-refractivity contribution in [2.45, 2.75) is 25.8 Å². The zero-order chi connectivity index (χ0) is 12.6. The van der Waals surface area contributed by atoms with E-state index in [4.69, 9.17) is 5.73 Å². The third-order valence-electron chi connectivity index (χ3n) is 3.32. The topological polar surface area (TPSA) is 84.4 Å². The molecule has 1 aromatic rings. The van der Waals surface area contributed by atoms with Crippen LogP contribution >= 0.6 is 0 Å². The first kappa shape index (κ1) is 11.9. The fourth-order valence-corrected chi connectivity index (χ4v) is 2.36. The van der Waals surface area contributed by atoms with Crippen molar-refractivity contribution < 1.29 is 9.90 Å². The fourth-order valence-electron chi connectivity index (χ4n) is 2.36. The molecule has 17 heavy (non-hydrogen) atoms. The maximum atomic E-state index is 12.3. The van der Waals surface area contributed by atoms with E-state index in [1.807, 2.05) is 0 Å². The summed E-state index contributed by atoms with van der Waals surface area (Å²) >= 11 is 0. The van der Waals surface area contributed by atoms with Crippen molar-refractivity contribution in [3.8, 4) is 0 Å². The average Bonchev–Trinajstić information content (AvgIpc) is 2.84. The molecule has 0 radical (unpaired) electrons. The van der Waals surface area contributed by atoms with Crippen LogP contribution in [0.15, 0.2) is 0 Å². The molecule has 1 aromatic heterocycles. The number of nitrogens with zero attached hydrogens (tertiary/aromatic N) is 3. The highest BCUT2D eigenvalue weighted by Gasteiger charge is 2.31. The number of aryl methyl sites for hydroxylation is 2. The Morgan fingerprint density at radius 1 is 1.65 bits per heavy atom. The van der Waals surface area contributed by atoms with E-state index in [1.54, 1.807) is 18.9 Å². The van der Waals surface area contributed by atoms with E-state index in [9.17, 15) is 9.90 Å². The third kappa shape index (κ3) is 1.88. The summed E-state index contributed by atoms with van der Waals surface area (Å²) < 4.78 is 1.51. The molecule has 94 valence electrons. The number of aromatic nitrogens is 2. The Hall–Kier alpha value is -1.56. The number of carbonyl (C=O) groups excluding carboxylic acids is 1. The van der Waals surface area contributed by atoms with Gasteiger partial charge in [0, 0.05) is 13.6 Å². The highest BCUT2D eigenvalue weighted by atomic mass is 16.3. The first-order chi connectivity index (χ1) is 8.06. The number of anilines is 1. The molecule has 0 bridgehead atoms. The molecule has 6 nitrogen and oxygen atoms in total. The van der Waals surface area contributed by atoms with Gasteiger partial charge in [-0.05, 0) is 19.8 Å². The summed E-state index contributed by atoms with van der Waals surface area (Å²) in [4.78, 5) is 14.0. The van der Waals surface area contributed by atoms with Gasteiger partial charge >= 0.3 is 0 Å². The predicted molar refractivity (Wildman–Crippen MR) is 63.5 cm³/mol. The van der Waals surface area contributed by atoms with Gasteiger partial charge in [0.15, 0.2) is 0 Å². The maximum absolute atomic E-state index is 12.3. The van der Waals surface area contributed by atoms with E-state index >= 15 is 0 Å². The molecule has 1 amide bonds. The van der Waals surface area contributed by atoms with Crippen LogP contribution in [0.5, 0.6) is 0 Å². The van der Waals surface area contributed by atoms with Gasteiger partial charge in [-0.3, -0.25) is 9.48 Å². The molecule has 1 unspecified atom stereocenters. The molecule has 1 aliphatic rings. The first-order valence-corrected chi connectivity index (χ1v) is 5.77. The summed E-state index contributed by atoms with van der Waals surface area (Å²) in [5.74, 6) is -0.137. The van der Waals surface area contributed by atoms with Crippen LogP contribution in [0.3, 0.4) is 0 Å². The number of aliphatic hydroxyl groups excluding tert-OH is 1. The minimum absolute atomic E-state index is 0.00246. The second kappa shape index (κ2) is 4.37. The highest BCUT2D eigenvalue weighted by Crippen LogP contribution is 2.23. The number of hydrogen-bond donors (Lipinski definition) is 2. The number of likely N-dealkylation sites (tertiary alicyclic amines) is 1. The number of nitrogen functional groups attached to an aromatic ring is 1. The fraction of sp³-hybridized carbons (Fsp3) is 0.636. The number of hydrogen-bond acceptors (Lipinski definition) is 4. The van der Waals surface area contributed by atoms with Crippen LogP contribution in [0.2, 0.25) is 0 Å². The van der Waals surface area contributed by atoms with Gasteiger partial charge in [-0.2, -0.15) is 5.10 Å². The Labute approximate surface area is 100 Å². The number of nitrogens with two attached hydrogens (primary N) is 1. The van der Waals surface area contributed by atoms with Crippen molar-refractivity contribution in [3.05, 3.63) is 11.4 Å². The number of aliphatic hydroxyl groups is 1. The molecule has 3 N–H and O–H groups in total. The molecule has 2 heterocycles.